The van der Waals surface area contributed by atoms with Gasteiger partial charge in [0.25, 0.3) is 0 Å². The SMILES string of the molecule is O=C(CCC(=O)N1CCNCC1c1cccnc1)c1ccc(F)cc1F. The molecule has 0 radical (unpaired) electrons. The second-order valence-corrected chi connectivity index (χ2v) is 6.14. The lowest BCUT2D eigenvalue weighted by Crippen LogP contribution is -2.48. The van der Waals surface area contributed by atoms with Crippen LogP contribution in [-0.4, -0.2) is 41.2 Å². The van der Waals surface area contributed by atoms with Crippen LogP contribution in [0, 0.1) is 11.6 Å². The number of halogens is 2. The van der Waals surface area contributed by atoms with Crippen molar-refractivity contribution in [2.24, 2.45) is 0 Å². The molecular weight excluding hydrogens is 340 g/mol. The zero-order valence-electron chi connectivity index (χ0n) is 14.1. The summed E-state index contributed by atoms with van der Waals surface area (Å²) in [5.41, 5.74) is 0.729. The molecule has 0 saturated carbocycles. The predicted molar refractivity (Wildman–Crippen MR) is 91.5 cm³/mol. The van der Waals surface area contributed by atoms with Crippen LogP contribution >= 0.6 is 0 Å². The van der Waals surface area contributed by atoms with Crippen molar-refractivity contribution in [1.82, 2.24) is 15.2 Å². The molecule has 1 amide bonds. The van der Waals surface area contributed by atoms with Gasteiger partial charge in [-0.3, -0.25) is 14.6 Å². The molecule has 1 aliphatic rings. The summed E-state index contributed by atoms with van der Waals surface area (Å²) in [6.45, 7) is 1.80. The highest BCUT2D eigenvalue weighted by molar-refractivity contribution is 5.98. The number of hydrogen-bond acceptors (Lipinski definition) is 4. The molecule has 7 heteroatoms. The van der Waals surface area contributed by atoms with Crippen molar-refractivity contribution in [2.45, 2.75) is 18.9 Å². The molecule has 5 nitrogen and oxygen atoms in total. The maximum absolute atomic E-state index is 13.7. The van der Waals surface area contributed by atoms with Gasteiger partial charge in [-0.25, -0.2) is 8.78 Å². The summed E-state index contributed by atoms with van der Waals surface area (Å²) in [6.07, 6.45) is 3.25. The second kappa shape index (κ2) is 8.14. The average Bonchev–Trinajstić information content (AvgIpc) is 2.66. The molecule has 1 fully saturated rings. The molecule has 26 heavy (non-hydrogen) atoms. The van der Waals surface area contributed by atoms with E-state index in [9.17, 15) is 18.4 Å². The molecule has 0 bridgehead atoms. The number of aromatic nitrogens is 1. The summed E-state index contributed by atoms with van der Waals surface area (Å²) < 4.78 is 26.6. The first-order valence-corrected chi connectivity index (χ1v) is 8.44. The Balaban J connectivity index is 1.65. The normalized spacial score (nSPS) is 17.2. The Morgan fingerprint density at radius 3 is 2.81 bits per heavy atom. The Morgan fingerprint density at radius 2 is 2.08 bits per heavy atom. The lowest BCUT2D eigenvalue weighted by Gasteiger charge is -2.36. The van der Waals surface area contributed by atoms with Crippen molar-refractivity contribution in [3.8, 4) is 0 Å². The number of nitrogens with zero attached hydrogens (tertiary/aromatic N) is 2. The van der Waals surface area contributed by atoms with Crippen molar-refractivity contribution < 1.29 is 18.4 Å². The minimum absolute atomic E-state index is 0.0214. The maximum atomic E-state index is 13.7. The number of Topliss-reactive ketones (excluding diaryl/α,β-unsaturated/α-hetero) is 1. The lowest BCUT2D eigenvalue weighted by atomic mass is 10.0. The molecule has 2 heterocycles. The molecule has 1 aliphatic heterocycles. The Labute approximate surface area is 150 Å². The van der Waals surface area contributed by atoms with Crippen molar-refractivity contribution >= 4 is 11.7 Å². The summed E-state index contributed by atoms with van der Waals surface area (Å²) in [4.78, 5) is 30.6. The monoisotopic (exact) mass is 359 g/mol. The van der Waals surface area contributed by atoms with Crippen LogP contribution in [0.15, 0.2) is 42.7 Å². The first-order valence-electron chi connectivity index (χ1n) is 8.44. The third-order valence-corrected chi connectivity index (χ3v) is 4.43. The van der Waals surface area contributed by atoms with Gasteiger partial charge < -0.3 is 10.2 Å². The quantitative estimate of drug-likeness (QED) is 0.834. The zero-order chi connectivity index (χ0) is 18.5. The van der Waals surface area contributed by atoms with E-state index in [1.165, 1.54) is 0 Å². The van der Waals surface area contributed by atoms with Gasteiger partial charge in [-0.15, -0.1) is 0 Å². The van der Waals surface area contributed by atoms with Crippen molar-refractivity contribution in [3.05, 3.63) is 65.5 Å². The molecule has 1 N–H and O–H groups in total. The first kappa shape index (κ1) is 18.1. The molecular formula is C19H19F2N3O2. The topological polar surface area (TPSA) is 62.3 Å². The van der Waals surface area contributed by atoms with E-state index in [0.717, 1.165) is 17.7 Å². The third-order valence-electron chi connectivity index (χ3n) is 4.43. The van der Waals surface area contributed by atoms with E-state index in [4.69, 9.17) is 0 Å². The van der Waals surface area contributed by atoms with Crippen molar-refractivity contribution in [1.29, 1.82) is 0 Å². The molecule has 2 aromatic rings. The maximum Gasteiger partial charge on any atom is 0.223 e. The van der Waals surface area contributed by atoms with Crippen LogP contribution in [0.4, 0.5) is 8.78 Å². The van der Waals surface area contributed by atoms with E-state index in [1.807, 2.05) is 12.1 Å². The molecule has 1 aromatic heterocycles. The van der Waals surface area contributed by atoms with Crippen LogP contribution in [0.1, 0.15) is 34.8 Å². The lowest BCUT2D eigenvalue weighted by molar-refractivity contribution is -0.134. The van der Waals surface area contributed by atoms with Crippen LogP contribution in [0.3, 0.4) is 0 Å². The highest BCUT2D eigenvalue weighted by Crippen LogP contribution is 2.23. The molecule has 136 valence electrons. The third kappa shape index (κ3) is 4.11. The first-order chi connectivity index (χ1) is 12.6. The second-order valence-electron chi connectivity index (χ2n) is 6.14. The number of carbonyl (C=O) groups is 2. The zero-order valence-corrected chi connectivity index (χ0v) is 14.1. The number of nitrogens with one attached hydrogen (secondary N) is 1. The number of ketones is 1. The van der Waals surface area contributed by atoms with Crippen LogP contribution in [0.25, 0.3) is 0 Å². The number of pyridine rings is 1. The molecule has 1 saturated heterocycles. The molecule has 0 spiro atoms. The summed E-state index contributed by atoms with van der Waals surface area (Å²) in [5, 5.41) is 3.25. The fourth-order valence-electron chi connectivity index (χ4n) is 3.09. The number of benzene rings is 1. The van der Waals surface area contributed by atoms with Gasteiger partial charge >= 0.3 is 0 Å². The van der Waals surface area contributed by atoms with E-state index < -0.39 is 17.4 Å². The van der Waals surface area contributed by atoms with Crippen LogP contribution < -0.4 is 5.32 Å². The van der Waals surface area contributed by atoms with Gasteiger partial charge in [-0.2, -0.15) is 0 Å². The van der Waals surface area contributed by atoms with Gasteiger partial charge in [0.1, 0.15) is 11.6 Å². The summed E-state index contributed by atoms with van der Waals surface area (Å²) >= 11 is 0. The van der Waals surface area contributed by atoms with E-state index in [0.29, 0.717) is 25.7 Å². The van der Waals surface area contributed by atoms with E-state index in [2.05, 4.69) is 10.3 Å². The number of amides is 1. The number of hydrogen-bond donors (Lipinski definition) is 1. The standard InChI is InChI=1S/C19H19F2N3O2/c20-14-3-4-15(16(21)10-14)18(25)5-6-19(26)24-9-8-23-12-17(24)13-2-1-7-22-11-13/h1-4,7,10-11,17,23H,5-6,8-9,12H2. The summed E-state index contributed by atoms with van der Waals surface area (Å²) in [5.74, 6) is -2.33. The summed E-state index contributed by atoms with van der Waals surface area (Å²) in [7, 11) is 0. The van der Waals surface area contributed by atoms with Gasteiger partial charge in [0.15, 0.2) is 5.78 Å². The van der Waals surface area contributed by atoms with E-state index >= 15 is 0 Å². The molecule has 0 aliphatic carbocycles. The molecule has 1 atom stereocenters. The Hall–Kier alpha value is -2.67. The van der Waals surface area contributed by atoms with Gasteiger partial charge in [-0.05, 0) is 23.8 Å². The highest BCUT2D eigenvalue weighted by atomic mass is 19.1. The highest BCUT2D eigenvalue weighted by Gasteiger charge is 2.28. The summed E-state index contributed by atoms with van der Waals surface area (Å²) in [6, 6.07) is 6.39. The molecule has 3 rings (SSSR count). The van der Waals surface area contributed by atoms with Gasteiger partial charge in [0.2, 0.25) is 5.91 Å². The molecule has 1 aromatic carbocycles. The van der Waals surface area contributed by atoms with Crippen molar-refractivity contribution in [3.63, 3.8) is 0 Å². The Kier molecular flexibility index (Phi) is 5.68. The minimum atomic E-state index is -0.905. The fraction of sp³-hybridized carbons (Fsp3) is 0.316. The Bertz CT molecular complexity index is 799. The van der Waals surface area contributed by atoms with Crippen LogP contribution in [0.5, 0.6) is 0 Å². The number of piperazine rings is 1. The van der Waals surface area contributed by atoms with E-state index in [1.54, 1.807) is 17.3 Å². The van der Waals surface area contributed by atoms with Gasteiger partial charge in [0, 0.05) is 50.9 Å². The molecule has 1 unspecified atom stereocenters. The van der Waals surface area contributed by atoms with Crippen LogP contribution in [0.2, 0.25) is 0 Å². The largest absolute Gasteiger partial charge is 0.333 e. The average molecular weight is 359 g/mol. The van der Waals surface area contributed by atoms with Gasteiger partial charge in [-0.1, -0.05) is 6.07 Å². The fourth-order valence-corrected chi connectivity index (χ4v) is 3.09. The smallest absolute Gasteiger partial charge is 0.223 e. The minimum Gasteiger partial charge on any atom is -0.333 e. The predicted octanol–water partition coefficient (Wildman–Crippen LogP) is 2.50. The van der Waals surface area contributed by atoms with Crippen molar-refractivity contribution in [2.75, 3.05) is 19.6 Å². The number of rotatable bonds is 5. The van der Waals surface area contributed by atoms with Gasteiger partial charge in [0.05, 0.1) is 11.6 Å². The van der Waals surface area contributed by atoms with Crippen LogP contribution in [-0.2, 0) is 4.79 Å². The van der Waals surface area contributed by atoms with E-state index in [-0.39, 0.29) is 30.4 Å². The number of carbonyl (C=O) groups excluding carboxylic acids is 2. The Morgan fingerprint density at radius 1 is 1.23 bits per heavy atom.